The van der Waals surface area contributed by atoms with Crippen molar-refractivity contribution in [2.24, 2.45) is 11.8 Å². The molecule has 1 N–H and O–H groups in total. The van der Waals surface area contributed by atoms with Crippen LogP contribution in [0, 0.1) is 22.0 Å². The molecule has 9 nitrogen and oxygen atoms in total. The zero-order valence-electron chi connectivity index (χ0n) is 17.5. The molecule has 0 aromatic heterocycles. The summed E-state index contributed by atoms with van der Waals surface area (Å²) in [6.07, 6.45) is 0.455. The molecule has 0 spiro atoms. The van der Waals surface area contributed by atoms with E-state index < -0.39 is 34.6 Å². The molecule has 0 amide bonds. The number of piperidine rings is 1. The first-order valence-electron chi connectivity index (χ1n) is 10.5. The maximum Gasteiger partial charge on any atom is 0.310 e. The molecule has 2 aliphatic heterocycles. The second-order valence-electron chi connectivity index (χ2n) is 7.67. The summed E-state index contributed by atoms with van der Waals surface area (Å²) < 4.78 is 16.8. The van der Waals surface area contributed by atoms with Crippen molar-refractivity contribution in [3.05, 3.63) is 57.8 Å². The van der Waals surface area contributed by atoms with Crippen LogP contribution >= 0.6 is 0 Å². The minimum atomic E-state index is -0.863. The van der Waals surface area contributed by atoms with Gasteiger partial charge >= 0.3 is 5.97 Å². The fourth-order valence-corrected chi connectivity index (χ4v) is 4.07. The largest absolute Gasteiger partial charge is 0.466 e. The van der Waals surface area contributed by atoms with E-state index in [2.05, 4.69) is 5.32 Å². The van der Waals surface area contributed by atoms with Crippen molar-refractivity contribution >= 4 is 11.8 Å². The maximum atomic E-state index is 13.4. The number of esters is 1. The number of nitro groups is 1. The van der Waals surface area contributed by atoms with Gasteiger partial charge in [-0.3, -0.25) is 19.7 Å². The Hall–Kier alpha value is -2.62. The summed E-state index contributed by atoms with van der Waals surface area (Å²) in [5.74, 6) is -2.33. The summed E-state index contributed by atoms with van der Waals surface area (Å²) in [5.41, 5.74) is 0.979. The Kier molecular flexibility index (Phi) is 8.27. The molecular formula is C22H28N2O7. The minimum Gasteiger partial charge on any atom is -0.466 e. The number of hydrogen-bond acceptors (Lipinski definition) is 8. The molecule has 4 unspecified atom stereocenters. The van der Waals surface area contributed by atoms with Gasteiger partial charge in [-0.15, -0.1) is 0 Å². The molecule has 1 aromatic rings. The van der Waals surface area contributed by atoms with Crippen LogP contribution < -0.4 is 5.32 Å². The molecular weight excluding hydrogens is 404 g/mol. The van der Waals surface area contributed by atoms with E-state index in [0.29, 0.717) is 38.7 Å². The van der Waals surface area contributed by atoms with Crippen molar-refractivity contribution in [2.75, 3.05) is 32.9 Å². The van der Waals surface area contributed by atoms with E-state index in [1.54, 1.807) is 6.92 Å². The van der Waals surface area contributed by atoms with E-state index in [9.17, 15) is 19.7 Å². The van der Waals surface area contributed by atoms with Crippen molar-refractivity contribution in [1.29, 1.82) is 0 Å². The second-order valence-corrected chi connectivity index (χ2v) is 7.67. The van der Waals surface area contributed by atoms with Crippen molar-refractivity contribution in [1.82, 2.24) is 5.32 Å². The van der Waals surface area contributed by atoms with Crippen LogP contribution in [-0.2, 0) is 30.2 Å². The number of benzene rings is 1. The summed E-state index contributed by atoms with van der Waals surface area (Å²) in [6, 6.07) is 9.69. The lowest BCUT2D eigenvalue weighted by Gasteiger charge is -2.34. The van der Waals surface area contributed by atoms with Crippen molar-refractivity contribution < 1.29 is 28.7 Å². The molecule has 1 aromatic carbocycles. The van der Waals surface area contributed by atoms with Crippen LogP contribution in [-0.4, -0.2) is 61.8 Å². The lowest BCUT2D eigenvalue weighted by molar-refractivity contribution is -0.404. The Bertz CT molecular complexity index is 811. The summed E-state index contributed by atoms with van der Waals surface area (Å²) in [5, 5.41) is 14.4. The number of hydrogen-bond donors (Lipinski definition) is 1. The van der Waals surface area contributed by atoms with E-state index in [4.69, 9.17) is 14.2 Å². The van der Waals surface area contributed by atoms with E-state index >= 15 is 0 Å². The number of rotatable bonds is 8. The van der Waals surface area contributed by atoms with Crippen LogP contribution in [0.15, 0.2) is 42.1 Å². The zero-order chi connectivity index (χ0) is 22.2. The van der Waals surface area contributed by atoms with Crippen LogP contribution in [0.3, 0.4) is 0 Å². The average Bonchev–Trinajstić information content (AvgIpc) is 2.78. The summed E-state index contributed by atoms with van der Waals surface area (Å²) in [7, 11) is 0. The summed E-state index contributed by atoms with van der Waals surface area (Å²) in [4.78, 5) is 36.4. The topological polar surface area (TPSA) is 117 Å². The van der Waals surface area contributed by atoms with E-state index in [1.807, 2.05) is 30.3 Å². The molecule has 0 saturated carbocycles. The van der Waals surface area contributed by atoms with E-state index in [1.165, 1.54) is 0 Å². The Morgan fingerprint density at radius 3 is 2.74 bits per heavy atom. The minimum absolute atomic E-state index is 0.0474. The highest BCUT2D eigenvalue weighted by atomic mass is 16.6. The van der Waals surface area contributed by atoms with E-state index in [0.717, 1.165) is 5.56 Å². The third kappa shape index (κ3) is 6.19. The highest BCUT2D eigenvalue weighted by molar-refractivity contribution is 6.00. The Labute approximate surface area is 180 Å². The highest BCUT2D eigenvalue weighted by Gasteiger charge is 2.41. The van der Waals surface area contributed by atoms with Crippen molar-refractivity contribution in [3.8, 4) is 0 Å². The molecule has 168 valence electrons. The Morgan fingerprint density at radius 2 is 2.03 bits per heavy atom. The SMILES string of the molecule is CCOC(=O)C1CNCCC1C(=O)/C(=C/[N+](=O)[O-])C1COCC(Cc2ccccc2)O1. The lowest BCUT2D eigenvalue weighted by Crippen LogP contribution is -2.47. The van der Waals surface area contributed by atoms with Gasteiger partial charge in [-0.2, -0.15) is 0 Å². The molecule has 2 heterocycles. The van der Waals surface area contributed by atoms with Crippen LogP contribution in [0.25, 0.3) is 0 Å². The average molecular weight is 432 g/mol. The fourth-order valence-electron chi connectivity index (χ4n) is 4.07. The molecule has 0 radical (unpaired) electrons. The lowest BCUT2D eigenvalue weighted by atomic mass is 9.80. The molecule has 2 saturated heterocycles. The maximum absolute atomic E-state index is 13.4. The van der Waals surface area contributed by atoms with Gasteiger partial charge in [0.25, 0.3) is 0 Å². The second kappa shape index (κ2) is 11.1. The first kappa shape index (κ1) is 23.1. The molecule has 0 aliphatic carbocycles. The van der Waals surface area contributed by atoms with Gasteiger partial charge < -0.3 is 19.5 Å². The molecule has 4 atom stereocenters. The van der Waals surface area contributed by atoms with Crippen LogP contribution in [0.1, 0.15) is 18.9 Å². The number of nitrogens with one attached hydrogen (secondary N) is 1. The number of ketones is 1. The molecule has 31 heavy (non-hydrogen) atoms. The molecule has 0 bridgehead atoms. The Morgan fingerprint density at radius 1 is 1.26 bits per heavy atom. The first-order chi connectivity index (χ1) is 15.0. The van der Waals surface area contributed by atoms with Gasteiger partial charge in [-0.25, -0.2) is 0 Å². The third-order valence-corrected chi connectivity index (χ3v) is 5.52. The summed E-state index contributed by atoms with van der Waals surface area (Å²) >= 11 is 0. The van der Waals surface area contributed by atoms with Gasteiger partial charge in [0.1, 0.15) is 6.10 Å². The number of carbonyl (C=O) groups excluding carboxylic acids is 2. The smallest absolute Gasteiger partial charge is 0.310 e. The number of carbonyl (C=O) groups is 2. The number of nitrogens with zero attached hydrogens (tertiary/aromatic N) is 1. The van der Waals surface area contributed by atoms with Gasteiger partial charge in [0.05, 0.1) is 42.3 Å². The number of ether oxygens (including phenoxy) is 3. The first-order valence-corrected chi connectivity index (χ1v) is 10.5. The van der Waals surface area contributed by atoms with Crippen LogP contribution in [0.2, 0.25) is 0 Å². The van der Waals surface area contributed by atoms with Gasteiger partial charge in [-0.05, 0) is 25.5 Å². The highest BCUT2D eigenvalue weighted by Crippen LogP contribution is 2.28. The third-order valence-electron chi connectivity index (χ3n) is 5.52. The quantitative estimate of drug-likeness (QED) is 0.284. The standard InChI is InChI=1S/C22H28N2O7/c1-2-30-22(26)18-11-23-9-8-17(18)21(25)19(12-24(27)28)20-14-29-13-16(31-20)10-15-6-4-3-5-7-15/h3-7,12,16-18,20,23H,2,8-11,13-14H2,1H3/b19-12+. The molecule has 3 rings (SSSR count). The predicted octanol–water partition coefficient (Wildman–Crippen LogP) is 1.53. The Balaban J connectivity index is 1.78. The zero-order valence-corrected chi connectivity index (χ0v) is 17.5. The van der Waals surface area contributed by atoms with Gasteiger partial charge in [0.2, 0.25) is 6.20 Å². The van der Waals surface area contributed by atoms with E-state index in [-0.39, 0.29) is 24.9 Å². The van der Waals surface area contributed by atoms with Crippen molar-refractivity contribution in [3.63, 3.8) is 0 Å². The monoisotopic (exact) mass is 432 g/mol. The molecule has 9 heteroatoms. The normalized spacial score (nSPS) is 26.8. The van der Waals surface area contributed by atoms with Crippen molar-refractivity contribution in [2.45, 2.75) is 32.0 Å². The van der Waals surface area contributed by atoms with Gasteiger partial charge in [-0.1, -0.05) is 30.3 Å². The molecule has 2 aliphatic rings. The predicted molar refractivity (Wildman–Crippen MR) is 111 cm³/mol. The fraction of sp³-hybridized carbons (Fsp3) is 0.545. The molecule has 2 fully saturated rings. The number of Topliss-reactive ketones (excluding diaryl/α,β-unsaturated/α-hetero) is 1. The van der Waals surface area contributed by atoms with Gasteiger partial charge in [0, 0.05) is 18.9 Å². The summed E-state index contributed by atoms with van der Waals surface area (Å²) in [6.45, 7) is 3.12. The van der Waals surface area contributed by atoms with Crippen LogP contribution in [0.4, 0.5) is 0 Å². The van der Waals surface area contributed by atoms with Gasteiger partial charge in [0.15, 0.2) is 5.78 Å². The van der Waals surface area contributed by atoms with Crippen LogP contribution in [0.5, 0.6) is 0 Å².